The van der Waals surface area contributed by atoms with E-state index in [0.29, 0.717) is 0 Å². The number of ketones is 1. The molecule has 0 amide bonds. The minimum atomic E-state index is 0.0538. The summed E-state index contributed by atoms with van der Waals surface area (Å²) in [7, 11) is 0. The Labute approximate surface area is 114 Å². The summed E-state index contributed by atoms with van der Waals surface area (Å²) in [4.78, 5) is 12.1. The van der Waals surface area contributed by atoms with E-state index in [-0.39, 0.29) is 5.78 Å². The highest BCUT2D eigenvalue weighted by molar-refractivity contribution is 6.08. The Balaban J connectivity index is 2.22. The number of hydrogen-bond donors (Lipinski definition) is 0. The van der Waals surface area contributed by atoms with E-state index in [0.717, 1.165) is 22.3 Å². The number of benzene rings is 2. The Hall–Kier alpha value is -2.15. The standard InChI is InChI=1S/C18H18O/c1-13-4-8-16(9-5-13)15(3)12-18(19)17-10-6-14(2)7-11-17/h4-12H,1-3H3/b15-12+. The lowest BCUT2D eigenvalue weighted by atomic mass is 10.0. The van der Waals surface area contributed by atoms with Crippen LogP contribution >= 0.6 is 0 Å². The second-order valence-electron chi connectivity index (χ2n) is 4.92. The van der Waals surface area contributed by atoms with E-state index in [2.05, 4.69) is 19.1 Å². The molecule has 96 valence electrons. The van der Waals surface area contributed by atoms with Gasteiger partial charge in [-0.15, -0.1) is 0 Å². The summed E-state index contributed by atoms with van der Waals surface area (Å²) in [6.07, 6.45) is 1.70. The lowest BCUT2D eigenvalue weighted by Gasteiger charge is -2.03. The molecule has 0 atom stereocenters. The monoisotopic (exact) mass is 250 g/mol. The highest BCUT2D eigenvalue weighted by Crippen LogP contribution is 2.16. The van der Waals surface area contributed by atoms with Gasteiger partial charge in [-0.25, -0.2) is 0 Å². The van der Waals surface area contributed by atoms with Gasteiger partial charge in [-0.05, 0) is 38.0 Å². The summed E-state index contributed by atoms with van der Waals surface area (Å²) in [6, 6.07) is 15.9. The molecule has 2 aromatic rings. The molecular formula is C18H18O. The second-order valence-corrected chi connectivity index (χ2v) is 4.92. The smallest absolute Gasteiger partial charge is 0.186 e. The number of allylic oxidation sites excluding steroid dienone is 2. The van der Waals surface area contributed by atoms with Crippen molar-refractivity contribution in [2.75, 3.05) is 0 Å². The van der Waals surface area contributed by atoms with Crippen LogP contribution in [0.3, 0.4) is 0 Å². The molecule has 0 saturated heterocycles. The van der Waals surface area contributed by atoms with E-state index in [4.69, 9.17) is 0 Å². The zero-order valence-corrected chi connectivity index (χ0v) is 11.6. The van der Waals surface area contributed by atoms with Crippen molar-refractivity contribution in [3.63, 3.8) is 0 Å². The van der Waals surface area contributed by atoms with Gasteiger partial charge in [0.25, 0.3) is 0 Å². The van der Waals surface area contributed by atoms with E-state index in [1.54, 1.807) is 6.08 Å². The van der Waals surface area contributed by atoms with E-state index in [9.17, 15) is 4.79 Å². The van der Waals surface area contributed by atoms with Crippen molar-refractivity contribution in [2.45, 2.75) is 20.8 Å². The molecule has 0 N–H and O–H groups in total. The molecule has 0 aliphatic rings. The van der Waals surface area contributed by atoms with Gasteiger partial charge in [0.1, 0.15) is 0 Å². The molecule has 0 saturated carbocycles. The van der Waals surface area contributed by atoms with Crippen LogP contribution in [0.5, 0.6) is 0 Å². The van der Waals surface area contributed by atoms with Crippen LogP contribution in [0.1, 0.15) is 34.0 Å². The summed E-state index contributed by atoms with van der Waals surface area (Å²) in [6.45, 7) is 6.04. The van der Waals surface area contributed by atoms with Crippen molar-refractivity contribution in [1.82, 2.24) is 0 Å². The van der Waals surface area contributed by atoms with Crippen LogP contribution in [0.15, 0.2) is 54.6 Å². The van der Waals surface area contributed by atoms with Crippen LogP contribution in [0, 0.1) is 13.8 Å². The first-order valence-electron chi connectivity index (χ1n) is 6.42. The Bertz CT molecular complexity index is 601. The van der Waals surface area contributed by atoms with Crippen LogP contribution in [0.4, 0.5) is 0 Å². The lowest BCUT2D eigenvalue weighted by Crippen LogP contribution is -1.95. The van der Waals surface area contributed by atoms with E-state index in [1.165, 1.54) is 5.56 Å². The largest absolute Gasteiger partial charge is 0.289 e. The molecule has 19 heavy (non-hydrogen) atoms. The Kier molecular flexibility index (Phi) is 3.96. The average Bonchev–Trinajstić information content (AvgIpc) is 2.40. The Morgan fingerprint density at radius 2 is 1.21 bits per heavy atom. The first kappa shape index (κ1) is 13.3. The van der Waals surface area contributed by atoms with Crippen molar-refractivity contribution in [3.8, 4) is 0 Å². The molecule has 1 heteroatoms. The van der Waals surface area contributed by atoms with Gasteiger partial charge in [0.2, 0.25) is 0 Å². The third-order valence-electron chi connectivity index (χ3n) is 3.19. The summed E-state index contributed by atoms with van der Waals surface area (Å²) in [5.41, 5.74) is 5.20. The summed E-state index contributed by atoms with van der Waals surface area (Å²) >= 11 is 0. The number of carbonyl (C=O) groups excluding carboxylic acids is 1. The molecule has 0 aliphatic carbocycles. The predicted molar refractivity (Wildman–Crippen MR) is 80.3 cm³/mol. The first-order valence-corrected chi connectivity index (χ1v) is 6.42. The van der Waals surface area contributed by atoms with Crippen LogP contribution < -0.4 is 0 Å². The van der Waals surface area contributed by atoms with Gasteiger partial charge in [0, 0.05) is 5.56 Å². The SMILES string of the molecule is C/C(=C\C(=O)c1ccc(C)cc1)c1ccc(C)cc1. The molecule has 0 aromatic heterocycles. The second kappa shape index (κ2) is 5.66. The molecular weight excluding hydrogens is 232 g/mol. The predicted octanol–water partition coefficient (Wildman–Crippen LogP) is 4.59. The first-order chi connectivity index (χ1) is 9.06. The molecule has 0 heterocycles. The quantitative estimate of drug-likeness (QED) is 0.575. The van der Waals surface area contributed by atoms with Crippen molar-refractivity contribution >= 4 is 11.4 Å². The van der Waals surface area contributed by atoms with Gasteiger partial charge in [-0.3, -0.25) is 4.79 Å². The number of carbonyl (C=O) groups is 1. The minimum absolute atomic E-state index is 0.0538. The minimum Gasteiger partial charge on any atom is -0.289 e. The van der Waals surface area contributed by atoms with Crippen molar-refractivity contribution in [2.24, 2.45) is 0 Å². The van der Waals surface area contributed by atoms with Gasteiger partial charge in [-0.1, -0.05) is 59.7 Å². The molecule has 0 radical (unpaired) electrons. The van der Waals surface area contributed by atoms with Gasteiger partial charge in [-0.2, -0.15) is 0 Å². The zero-order chi connectivity index (χ0) is 13.8. The maximum atomic E-state index is 12.1. The lowest BCUT2D eigenvalue weighted by molar-refractivity contribution is 0.104. The summed E-state index contributed by atoms with van der Waals surface area (Å²) in [5.74, 6) is 0.0538. The van der Waals surface area contributed by atoms with Crippen molar-refractivity contribution in [3.05, 3.63) is 76.9 Å². The van der Waals surface area contributed by atoms with Crippen molar-refractivity contribution < 1.29 is 4.79 Å². The third kappa shape index (κ3) is 3.41. The topological polar surface area (TPSA) is 17.1 Å². The highest BCUT2D eigenvalue weighted by Gasteiger charge is 2.03. The number of rotatable bonds is 3. The third-order valence-corrected chi connectivity index (χ3v) is 3.19. The fraction of sp³-hybridized carbons (Fsp3) is 0.167. The van der Waals surface area contributed by atoms with Gasteiger partial charge >= 0.3 is 0 Å². The van der Waals surface area contributed by atoms with E-state index in [1.807, 2.05) is 50.2 Å². The Morgan fingerprint density at radius 3 is 1.68 bits per heavy atom. The normalized spacial score (nSPS) is 11.4. The average molecular weight is 250 g/mol. The van der Waals surface area contributed by atoms with Crippen molar-refractivity contribution in [1.29, 1.82) is 0 Å². The van der Waals surface area contributed by atoms with Gasteiger partial charge in [0.15, 0.2) is 5.78 Å². The molecule has 0 unspecified atom stereocenters. The van der Waals surface area contributed by atoms with E-state index >= 15 is 0 Å². The molecule has 0 fully saturated rings. The van der Waals surface area contributed by atoms with Crippen LogP contribution in [-0.4, -0.2) is 5.78 Å². The maximum Gasteiger partial charge on any atom is 0.186 e. The summed E-state index contributed by atoms with van der Waals surface area (Å²) in [5, 5.41) is 0. The fourth-order valence-corrected chi connectivity index (χ4v) is 1.90. The van der Waals surface area contributed by atoms with Gasteiger partial charge in [0.05, 0.1) is 0 Å². The molecule has 2 rings (SSSR count). The molecule has 2 aromatic carbocycles. The molecule has 0 bridgehead atoms. The summed E-state index contributed by atoms with van der Waals surface area (Å²) < 4.78 is 0. The number of aryl methyl sites for hydroxylation is 2. The maximum absolute atomic E-state index is 12.1. The highest BCUT2D eigenvalue weighted by atomic mass is 16.1. The van der Waals surface area contributed by atoms with Gasteiger partial charge < -0.3 is 0 Å². The molecule has 0 aliphatic heterocycles. The molecule has 0 spiro atoms. The molecule has 1 nitrogen and oxygen atoms in total. The van der Waals surface area contributed by atoms with Crippen LogP contribution in [0.25, 0.3) is 5.57 Å². The Morgan fingerprint density at radius 1 is 0.789 bits per heavy atom. The van der Waals surface area contributed by atoms with Crippen LogP contribution in [0.2, 0.25) is 0 Å². The fourth-order valence-electron chi connectivity index (χ4n) is 1.90. The van der Waals surface area contributed by atoms with Crippen LogP contribution in [-0.2, 0) is 0 Å². The van der Waals surface area contributed by atoms with E-state index < -0.39 is 0 Å². The zero-order valence-electron chi connectivity index (χ0n) is 11.6. The number of hydrogen-bond acceptors (Lipinski definition) is 1.